The normalized spacial score (nSPS) is 10.7. The number of carbonyl (C=O) groups is 1. The highest BCUT2D eigenvalue weighted by Gasteiger charge is 2.10. The van der Waals surface area contributed by atoms with E-state index in [2.05, 4.69) is 88.0 Å². The Morgan fingerprint density at radius 3 is 2.13 bits per heavy atom. The van der Waals surface area contributed by atoms with E-state index in [1.165, 1.54) is 44.5 Å². The van der Waals surface area contributed by atoms with Crippen LogP contribution < -0.4 is 0 Å². The van der Waals surface area contributed by atoms with E-state index in [1.54, 1.807) is 6.92 Å². The van der Waals surface area contributed by atoms with E-state index in [0.717, 1.165) is 12.8 Å². The third-order valence-electron chi connectivity index (χ3n) is 5.79. The molecule has 0 amide bonds. The van der Waals surface area contributed by atoms with E-state index in [9.17, 15) is 4.79 Å². The fourth-order valence-corrected chi connectivity index (χ4v) is 3.77. The zero-order chi connectivity index (χ0) is 22.4. The van der Waals surface area contributed by atoms with Crippen LogP contribution in [0.25, 0.3) is 22.3 Å². The second-order valence-corrected chi connectivity index (χ2v) is 8.08. The Hall–Kier alpha value is -3.13. The van der Waals surface area contributed by atoms with Crippen molar-refractivity contribution in [1.29, 1.82) is 0 Å². The van der Waals surface area contributed by atoms with Crippen molar-refractivity contribution in [3.05, 3.63) is 95.1 Å². The van der Waals surface area contributed by atoms with Gasteiger partial charge >= 0.3 is 5.97 Å². The van der Waals surface area contributed by atoms with E-state index in [4.69, 9.17) is 4.74 Å². The van der Waals surface area contributed by atoms with Crippen molar-refractivity contribution in [3.8, 4) is 22.3 Å². The van der Waals surface area contributed by atoms with Gasteiger partial charge in [-0.15, -0.1) is 0 Å². The Morgan fingerprint density at radius 1 is 0.839 bits per heavy atom. The third-order valence-corrected chi connectivity index (χ3v) is 5.79. The molecule has 0 aliphatic carbocycles. The molecule has 3 aromatic carbocycles. The fraction of sp³-hybridized carbons (Fsp3) is 0.276. The molecule has 0 aliphatic heterocycles. The number of hydrogen-bond acceptors (Lipinski definition) is 2. The van der Waals surface area contributed by atoms with Crippen LogP contribution in [0.1, 0.15) is 43.0 Å². The molecule has 0 spiro atoms. The van der Waals surface area contributed by atoms with Gasteiger partial charge in [0.25, 0.3) is 0 Å². The van der Waals surface area contributed by atoms with E-state index in [0.29, 0.717) is 18.6 Å². The highest BCUT2D eigenvalue weighted by atomic mass is 16.5. The molecule has 0 fully saturated rings. The van der Waals surface area contributed by atoms with Gasteiger partial charge in [-0.2, -0.15) is 0 Å². The first-order chi connectivity index (χ1) is 14.9. The number of hydrogen-bond donors (Lipinski definition) is 0. The Morgan fingerprint density at radius 2 is 1.48 bits per heavy atom. The Bertz CT molecular complexity index is 1070. The topological polar surface area (TPSA) is 26.3 Å². The molecule has 0 aliphatic rings. The molecule has 31 heavy (non-hydrogen) atoms. The molecular formula is C29H32O2. The second kappa shape index (κ2) is 10.3. The maximum atomic E-state index is 11.7. The standard InChI is InChI=1S/C29H32O2/c1-6-22-9-12-24(13-10-22)26-14-15-28(23(7-2)18-26)27-11-8-21(5)25(19-27)16-17-31-29(30)20(3)4/h8-15,18-19H,3,6-7,16-17H2,1-2,4-5H3. The van der Waals surface area contributed by atoms with Gasteiger partial charge in [0.15, 0.2) is 0 Å². The lowest BCUT2D eigenvalue weighted by Gasteiger charge is -2.14. The van der Waals surface area contributed by atoms with Gasteiger partial charge in [0.2, 0.25) is 0 Å². The number of esters is 1. The molecule has 0 heterocycles. The lowest BCUT2D eigenvalue weighted by molar-refractivity contribution is -0.138. The molecule has 0 atom stereocenters. The predicted molar refractivity (Wildman–Crippen MR) is 130 cm³/mol. The van der Waals surface area contributed by atoms with E-state index >= 15 is 0 Å². The molecule has 160 valence electrons. The van der Waals surface area contributed by atoms with Gasteiger partial charge in [0.05, 0.1) is 6.61 Å². The minimum Gasteiger partial charge on any atom is -0.462 e. The van der Waals surface area contributed by atoms with Crippen LogP contribution in [0.15, 0.2) is 72.8 Å². The molecular weight excluding hydrogens is 380 g/mol. The fourth-order valence-electron chi connectivity index (χ4n) is 3.77. The summed E-state index contributed by atoms with van der Waals surface area (Å²) in [7, 11) is 0. The average molecular weight is 413 g/mol. The van der Waals surface area contributed by atoms with Crippen LogP contribution in [-0.4, -0.2) is 12.6 Å². The number of rotatable bonds is 8. The zero-order valence-corrected chi connectivity index (χ0v) is 19.1. The van der Waals surface area contributed by atoms with E-state index in [-0.39, 0.29) is 5.97 Å². The summed E-state index contributed by atoms with van der Waals surface area (Å²) in [6, 6.07) is 22.2. The van der Waals surface area contributed by atoms with Crippen molar-refractivity contribution in [3.63, 3.8) is 0 Å². The number of carbonyl (C=O) groups excluding carboxylic acids is 1. The van der Waals surface area contributed by atoms with Crippen LogP contribution in [0.2, 0.25) is 0 Å². The van der Waals surface area contributed by atoms with Crippen LogP contribution in [-0.2, 0) is 28.8 Å². The molecule has 0 unspecified atom stereocenters. The summed E-state index contributed by atoms with van der Waals surface area (Å²) in [6.07, 6.45) is 2.72. The van der Waals surface area contributed by atoms with Gasteiger partial charge < -0.3 is 4.74 Å². The van der Waals surface area contributed by atoms with E-state index in [1.807, 2.05) is 0 Å². The summed E-state index contributed by atoms with van der Waals surface area (Å²) in [4.78, 5) is 11.7. The molecule has 2 nitrogen and oxygen atoms in total. The van der Waals surface area contributed by atoms with Gasteiger partial charge in [0.1, 0.15) is 0 Å². The molecule has 0 saturated heterocycles. The smallest absolute Gasteiger partial charge is 0.333 e. The Kier molecular flexibility index (Phi) is 7.46. The van der Waals surface area contributed by atoms with E-state index < -0.39 is 0 Å². The summed E-state index contributed by atoms with van der Waals surface area (Å²) < 4.78 is 5.30. The SMILES string of the molecule is C=C(C)C(=O)OCCc1cc(-c2ccc(-c3ccc(CC)cc3)cc2CC)ccc1C. The van der Waals surface area contributed by atoms with Crippen LogP contribution in [0, 0.1) is 6.92 Å². The van der Waals surface area contributed by atoms with Crippen molar-refractivity contribution in [2.24, 2.45) is 0 Å². The number of aryl methyl sites for hydroxylation is 3. The first kappa shape index (κ1) is 22.6. The van der Waals surface area contributed by atoms with Crippen molar-refractivity contribution in [2.75, 3.05) is 6.61 Å². The summed E-state index contributed by atoms with van der Waals surface area (Å²) in [5, 5.41) is 0. The Labute approximate surface area is 186 Å². The summed E-state index contributed by atoms with van der Waals surface area (Å²) in [5.74, 6) is -0.329. The van der Waals surface area contributed by atoms with Gasteiger partial charge in [-0.3, -0.25) is 0 Å². The van der Waals surface area contributed by atoms with Crippen molar-refractivity contribution in [1.82, 2.24) is 0 Å². The van der Waals surface area contributed by atoms with Crippen LogP contribution >= 0.6 is 0 Å². The second-order valence-electron chi connectivity index (χ2n) is 8.08. The molecule has 0 radical (unpaired) electrons. The van der Waals surface area contributed by atoms with Crippen LogP contribution in [0.4, 0.5) is 0 Å². The summed E-state index contributed by atoms with van der Waals surface area (Å²) in [5.41, 5.74) is 10.5. The van der Waals surface area contributed by atoms with Crippen LogP contribution in [0.3, 0.4) is 0 Å². The van der Waals surface area contributed by atoms with Crippen molar-refractivity contribution >= 4 is 5.97 Å². The van der Waals surface area contributed by atoms with Crippen molar-refractivity contribution in [2.45, 2.75) is 47.0 Å². The largest absolute Gasteiger partial charge is 0.462 e. The molecule has 0 aromatic heterocycles. The molecule has 3 aromatic rings. The zero-order valence-electron chi connectivity index (χ0n) is 19.1. The van der Waals surface area contributed by atoms with Gasteiger partial charge in [-0.1, -0.05) is 81.1 Å². The van der Waals surface area contributed by atoms with Gasteiger partial charge in [0, 0.05) is 12.0 Å². The summed E-state index contributed by atoms with van der Waals surface area (Å²) >= 11 is 0. The van der Waals surface area contributed by atoms with Crippen molar-refractivity contribution < 1.29 is 9.53 Å². The minimum atomic E-state index is -0.329. The average Bonchev–Trinajstić information content (AvgIpc) is 2.79. The number of benzene rings is 3. The van der Waals surface area contributed by atoms with Crippen LogP contribution in [0.5, 0.6) is 0 Å². The molecule has 0 N–H and O–H groups in total. The highest BCUT2D eigenvalue weighted by molar-refractivity contribution is 5.86. The monoisotopic (exact) mass is 412 g/mol. The predicted octanol–water partition coefficient (Wildman–Crippen LogP) is 7.12. The molecule has 0 saturated carbocycles. The van der Waals surface area contributed by atoms with Gasteiger partial charge in [-0.25, -0.2) is 4.79 Å². The third kappa shape index (κ3) is 5.52. The molecule has 2 heteroatoms. The quantitative estimate of drug-likeness (QED) is 0.291. The first-order valence-corrected chi connectivity index (χ1v) is 11.1. The maximum Gasteiger partial charge on any atom is 0.333 e. The summed E-state index contributed by atoms with van der Waals surface area (Å²) in [6.45, 7) is 12.2. The van der Waals surface area contributed by atoms with Gasteiger partial charge in [-0.05, 0) is 71.2 Å². The minimum absolute atomic E-state index is 0.329. The number of ether oxygens (including phenoxy) is 1. The Balaban J connectivity index is 1.86. The highest BCUT2D eigenvalue weighted by Crippen LogP contribution is 2.31. The lowest BCUT2D eigenvalue weighted by atomic mass is 9.91. The lowest BCUT2D eigenvalue weighted by Crippen LogP contribution is -2.08. The first-order valence-electron chi connectivity index (χ1n) is 11.1. The molecule has 0 bridgehead atoms. The maximum absolute atomic E-state index is 11.7. The molecule has 3 rings (SSSR count).